The second kappa shape index (κ2) is 15.8. The van der Waals surface area contributed by atoms with Crippen molar-refractivity contribution in [2.45, 2.75) is 51.0 Å². The first-order chi connectivity index (χ1) is 20.7. The van der Waals surface area contributed by atoms with E-state index in [1.165, 1.54) is 42.6 Å². The summed E-state index contributed by atoms with van der Waals surface area (Å²) in [6.07, 6.45) is 8.01. The molecule has 3 aromatic carbocycles. The van der Waals surface area contributed by atoms with Crippen LogP contribution in [-0.4, -0.2) is 81.2 Å². The van der Waals surface area contributed by atoms with Crippen LogP contribution >= 0.6 is 0 Å². The van der Waals surface area contributed by atoms with Crippen LogP contribution in [-0.2, 0) is 12.8 Å². The molecule has 1 fully saturated rings. The van der Waals surface area contributed by atoms with Gasteiger partial charge in [-0.15, -0.1) is 0 Å². The minimum atomic E-state index is 0.0230. The maximum atomic E-state index is 12.4. The van der Waals surface area contributed by atoms with Crippen LogP contribution in [0.25, 0.3) is 0 Å². The second-order valence-electron chi connectivity index (χ2n) is 11.8. The number of hydrogen-bond donors (Lipinski definition) is 1. The summed E-state index contributed by atoms with van der Waals surface area (Å²) in [7, 11) is 1.76. The number of benzene rings is 3. The number of carbonyl (C=O) groups is 1. The predicted molar refractivity (Wildman–Crippen MR) is 173 cm³/mol. The SMILES string of the molecule is COc1ccc2c(c1)CC(N(CCCCNC(=O)c1ccccc1)CCCCN1CCN(c3ccccc3)CC1)CC2. The molecule has 0 spiro atoms. The highest BCUT2D eigenvalue weighted by molar-refractivity contribution is 5.94. The molecule has 0 saturated carbocycles. The van der Waals surface area contributed by atoms with Crippen LogP contribution in [0.4, 0.5) is 5.69 Å². The molecule has 1 saturated heterocycles. The Hall–Kier alpha value is -3.35. The molecular formula is C36H48N4O2. The molecule has 0 aromatic heterocycles. The van der Waals surface area contributed by atoms with Gasteiger partial charge in [0.05, 0.1) is 7.11 Å². The van der Waals surface area contributed by atoms with Gasteiger partial charge in [-0.25, -0.2) is 0 Å². The zero-order valence-electron chi connectivity index (χ0n) is 25.3. The topological polar surface area (TPSA) is 48.1 Å². The van der Waals surface area contributed by atoms with Gasteiger partial charge in [-0.1, -0.05) is 42.5 Å². The molecule has 0 radical (unpaired) electrons. The first-order valence-corrected chi connectivity index (χ1v) is 15.9. The van der Waals surface area contributed by atoms with Crippen LogP contribution < -0.4 is 15.0 Å². The van der Waals surface area contributed by atoms with Crippen molar-refractivity contribution in [3.63, 3.8) is 0 Å². The highest BCUT2D eigenvalue weighted by atomic mass is 16.5. The Morgan fingerprint density at radius 2 is 1.57 bits per heavy atom. The van der Waals surface area contributed by atoms with Crippen molar-refractivity contribution in [1.29, 1.82) is 0 Å². The number of hydrogen-bond acceptors (Lipinski definition) is 5. The molecule has 5 rings (SSSR count). The number of rotatable bonds is 14. The van der Waals surface area contributed by atoms with E-state index in [9.17, 15) is 4.79 Å². The molecule has 224 valence electrons. The van der Waals surface area contributed by atoms with Crippen molar-refractivity contribution in [3.8, 4) is 5.75 Å². The Balaban J connectivity index is 1.08. The van der Waals surface area contributed by atoms with Crippen LogP contribution in [0.1, 0.15) is 53.6 Å². The van der Waals surface area contributed by atoms with Gasteiger partial charge in [-0.3, -0.25) is 9.69 Å². The monoisotopic (exact) mass is 568 g/mol. The number of amides is 1. The van der Waals surface area contributed by atoms with Gasteiger partial charge in [-0.05, 0) is 112 Å². The summed E-state index contributed by atoms with van der Waals surface area (Å²) in [5, 5.41) is 3.10. The van der Waals surface area contributed by atoms with Gasteiger partial charge >= 0.3 is 0 Å². The molecule has 0 bridgehead atoms. The number of piperazine rings is 1. The van der Waals surface area contributed by atoms with Gasteiger partial charge < -0.3 is 19.9 Å². The van der Waals surface area contributed by atoms with E-state index in [2.05, 4.69) is 68.5 Å². The summed E-state index contributed by atoms with van der Waals surface area (Å²) >= 11 is 0. The van der Waals surface area contributed by atoms with E-state index in [-0.39, 0.29) is 5.91 Å². The minimum absolute atomic E-state index is 0.0230. The lowest BCUT2D eigenvalue weighted by atomic mass is 9.87. The molecule has 1 atom stereocenters. The molecule has 3 aromatic rings. The van der Waals surface area contributed by atoms with Crippen molar-refractivity contribution in [2.75, 3.05) is 64.4 Å². The average Bonchev–Trinajstić information content (AvgIpc) is 3.06. The van der Waals surface area contributed by atoms with E-state index in [1.807, 2.05) is 30.3 Å². The number of para-hydroxylation sites is 1. The lowest BCUT2D eigenvalue weighted by molar-refractivity contribution is 0.0952. The molecule has 6 nitrogen and oxygen atoms in total. The van der Waals surface area contributed by atoms with Crippen LogP contribution in [0, 0.1) is 0 Å². The van der Waals surface area contributed by atoms with Gasteiger partial charge in [0.2, 0.25) is 0 Å². The third-order valence-corrected chi connectivity index (χ3v) is 8.99. The molecule has 42 heavy (non-hydrogen) atoms. The molecule has 1 unspecified atom stereocenters. The van der Waals surface area contributed by atoms with E-state index in [0.717, 1.165) is 82.8 Å². The van der Waals surface area contributed by atoms with Crippen LogP contribution in [0.15, 0.2) is 78.9 Å². The maximum absolute atomic E-state index is 12.4. The minimum Gasteiger partial charge on any atom is -0.497 e. The van der Waals surface area contributed by atoms with Gasteiger partial charge in [0, 0.05) is 50.0 Å². The third kappa shape index (κ3) is 8.59. The Bertz CT molecular complexity index is 1230. The summed E-state index contributed by atoms with van der Waals surface area (Å²) in [5.74, 6) is 0.984. The highest BCUT2D eigenvalue weighted by Crippen LogP contribution is 2.28. The molecule has 1 heterocycles. The standard InChI is InChI=1S/C36H48N4O2/c1-42-35-19-17-30-16-18-34(28-32(30)29-35)39(22-9-8-20-37-36(41)31-12-4-2-5-13-31)23-11-10-21-38-24-26-40(27-25-38)33-14-6-3-7-15-33/h2-7,12-15,17,19,29,34H,8-11,16,18,20-28H2,1H3,(H,37,41). The van der Waals surface area contributed by atoms with Crippen molar-refractivity contribution in [2.24, 2.45) is 0 Å². The van der Waals surface area contributed by atoms with Crippen LogP contribution in [0.5, 0.6) is 5.75 Å². The van der Waals surface area contributed by atoms with E-state index < -0.39 is 0 Å². The number of anilines is 1. The first kappa shape index (κ1) is 30.1. The largest absolute Gasteiger partial charge is 0.497 e. The summed E-state index contributed by atoms with van der Waals surface area (Å²) in [4.78, 5) is 20.3. The van der Waals surface area contributed by atoms with Crippen molar-refractivity contribution in [1.82, 2.24) is 15.1 Å². The number of nitrogens with zero attached hydrogens (tertiary/aromatic N) is 3. The Labute approximate surface area is 252 Å². The van der Waals surface area contributed by atoms with Crippen LogP contribution in [0.3, 0.4) is 0 Å². The van der Waals surface area contributed by atoms with E-state index in [1.54, 1.807) is 7.11 Å². The number of ether oxygens (including phenoxy) is 1. The first-order valence-electron chi connectivity index (χ1n) is 15.9. The predicted octanol–water partition coefficient (Wildman–Crippen LogP) is 5.67. The lowest BCUT2D eigenvalue weighted by Gasteiger charge is -2.37. The Morgan fingerprint density at radius 3 is 2.31 bits per heavy atom. The smallest absolute Gasteiger partial charge is 0.251 e. The number of methoxy groups -OCH3 is 1. The summed E-state index contributed by atoms with van der Waals surface area (Å²) < 4.78 is 5.53. The zero-order chi connectivity index (χ0) is 29.0. The number of nitrogens with one attached hydrogen (secondary N) is 1. The molecule has 2 aliphatic rings. The van der Waals surface area contributed by atoms with E-state index >= 15 is 0 Å². The Morgan fingerprint density at radius 1 is 0.857 bits per heavy atom. The zero-order valence-corrected chi connectivity index (χ0v) is 25.3. The average molecular weight is 569 g/mol. The third-order valence-electron chi connectivity index (χ3n) is 8.99. The molecule has 1 aliphatic carbocycles. The van der Waals surface area contributed by atoms with Crippen molar-refractivity contribution < 1.29 is 9.53 Å². The normalized spacial score (nSPS) is 17.2. The molecular weight excluding hydrogens is 520 g/mol. The van der Waals surface area contributed by atoms with Gasteiger partial charge in [0.1, 0.15) is 5.75 Å². The molecule has 6 heteroatoms. The second-order valence-corrected chi connectivity index (χ2v) is 11.8. The fourth-order valence-corrected chi connectivity index (χ4v) is 6.48. The van der Waals surface area contributed by atoms with Crippen molar-refractivity contribution in [3.05, 3.63) is 95.6 Å². The number of aryl methyl sites for hydroxylation is 1. The van der Waals surface area contributed by atoms with E-state index in [4.69, 9.17) is 4.74 Å². The number of carbonyl (C=O) groups excluding carboxylic acids is 1. The van der Waals surface area contributed by atoms with Crippen molar-refractivity contribution >= 4 is 11.6 Å². The summed E-state index contributed by atoms with van der Waals surface area (Å²) in [5.41, 5.74) is 5.00. The summed E-state index contributed by atoms with van der Waals surface area (Å²) in [6, 6.07) is 27.5. The van der Waals surface area contributed by atoms with E-state index in [0.29, 0.717) is 6.04 Å². The van der Waals surface area contributed by atoms with Gasteiger partial charge in [0.15, 0.2) is 0 Å². The molecule has 1 aliphatic heterocycles. The fourth-order valence-electron chi connectivity index (χ4n) is 6.48. The number of fused-ring (bicyclic) bond motifs is 1. The van der Waals surface area contributed by atoms with Gasteiger partial charge in [-0.2, -0.15) is 0 Å². The highest BCUT2D eigenvalue weighted by Gasteiger charge is 2.24. The van der Waals surface area contributed by atoms with Crippen LogP contribution in [0.2, 0.25) is 0 Å². The number of unbranched alkanes of at least 4 members (excludes halogenated alkanes) is 2. The van der Waals surface area contributed by atoms with Gasteiger partial charge in [0.25, 0.3) is 5.91 Å². The summed E-state index contributed by atoms with van der Waals surface area (Å²) in [6.45, 7) is 8.66. The maximum Gasteiger partial charge on any atom is 0.251 e. The molecule has 1 amide bonds. The quantitative estimate of drug-likeness (QED) is 0.254. The fraction of sp³-hybridized carbons (Fsp3) is 0.472. The molecule has 1 N–H and O–H groups in total. The lowest BCUT2D eigenvalue weighted by Crippen LogP contribution is -2.46. The Kier molecular flexibility index (Phi) is 11.3.